The van der Waals surface area contributed by atoms with Crippen LogP contribution in [0.25, 0.3) is 0 Å². The molecular weight excluding hydrogens is 228 g/mol. The van der Waals surface area contributed by atoms with Crippen molar-refractivity contribution in [2.45, 2.75) is 45.1 Å². The van der Waals surface area contributed by atoms with E-state index in [-0.39, 0.29) is 5.97 Å². The summed E-state index contributed by atoms with van der Waals surface area (Å²) in [4.78, 5) is 11.1. The summed E-state index contributed by atoms with van der Waals surface area (Å²) in [7, 11) is 0. The minimum atomic E-state index is -0.395. The van der Waals surface area contributed by atoms with Gasteiger partial charge in [0.15, 0.2) is 0 Å². The SMILES string of the molecule is CCOC(=O)CCCCC[C@H](O)c1ccccc1. The molecule has 1 rings (SSSR count). The fourth-order valence-electron chi connectivity index (χ4n) is 1.86. The highest BCUT2D eigenvalue weighted by Gasteiger charge is 2.06. The van der Waals surface area contributed by atoms with E-state index in [1.807, 2.05) is 37.3 Å². The van der Waals surface area contributed by atoms with E-state index >= 15 is 0 Å². The molecule has 1 aromatic carbocycles. The topological polar surface area (TPSA) is 46.5 Å². The zero-order valence-electron chi connectivity index (χ0n) is 11.0. The van der Waals surface area contributed by atoms with Gasteiger partial charge in [0.05, 0.1) is 12.7 Å². The van der Waals surface area contributed by atoms with Crippen LogP contribution in [0.2, 0.25) is 0 Å². The summed E-state index contributed by atoms with van der Waals surface area (Å²) < 4.78 is 4.85. The van der Waals surface area contributed by atoms with Gasteiger partial charge in [-0.2, -0.15) is 0 Å². The number of esters is 1. The van der Waals surface area contributed by atoms with Gasteiger partial charge in [-0.05, 0) is 25.3 Å². The second-order valence-corrected chi connectivity index (χ2v) is 4.33. The van der Waals surface area contributed by atoms with Crippen LogP contribution in [0, 0.1) is 0 Å². The number of carbonyl (C=O) groups is 1. The first-order valence-electron chi connectivity index (χ1n) is 6.62. The molecule has 0 fully saturated rings. The van der Waals surface area contributed by atoms with Crippen molar-refractivity contribution in [1.29, 1.82) is 0 Å². The van der Waals surface area contributed by atoms with Crippen LogP contribution >= 0.6 is 0 Å². The molecule has 0 spiro atoms. The van der Waals surface area contributed by atoms with Gasteiger partial charge in [-0.25, -0.2) is 0 Å². The lowest BCUT2D eigenvalue weighted by atomic mass is 10.0. The molecule has 1 aromatic rings. The third-order valence-electron chi connectivity index (χ3n) is 2.85. The number of hydrogen-bond donors (Lipinski definition) is 1. The lowest BCUT2D eigenvalue weighted by molar-refractivity contribution is -0.143. The number of hydrogen-bond acceptors (Lipinski definition) is 3. The highest BCUT2D eigenvalue weighted by Crippen LogP contribution is 2.19. The molecule has 0 saturated heterocycles. The van der Waals surface area contributed by atoms with Crippen LogP contribution in [0.15, 0.2) is 30.3 Å². The Morgan fingerprint density at radius 3 is 2.61 bits per heavy atom. The Balaban J connectivity index is 2.09. The van der Waals surface area contributed by atoms with Crippen molar-refractivity contribution in [3.63, 3.8) is 0 Å². The molecule has 1 N–H and O–H groups in total. The van der Waals surface area contributed by atoms with Gasteiger partial charge in [-0.3, -0.25) is 4.79 Å². The normalized spacial score (nSPS) is 12.1. The zero-order chi connectivity index (χ0) is 13.2. The number of benzene rings is 1. The quantitative estimate of drug-likeness (QED) is 0.569. The smallest absolute Gasteiger partial charge is 0.305 e. The first kappa shape index (κ1) is 14.7. The van der Waals surface area contributed by atoms with Crippen molar-refractivity contribution in [2.24, 2.45) is 0 Å². The van der Waals surface area contributed by atoms with Crippen LogP contribution in [0.3, 0.4) is 0 Å². The highest BCUT2D eigenvalue weighted by atomic mass is 16.5. The van der Waals surface area contributed by atoms with E-state index in [4.69, 9.17) is 4.74 Å². The molecule has 0 aliphatic carbocycles. The van der Waals surface area contributed by atoms with Crippen molar-refractivity contribution in [3.8, 4) is 0 Å². The fraction of sp³-hybridized carbons (Fsp3) is 0.533. The van der Waals surface area contributed by atoms with Gasteiger partial charge in [0.25, 0.3) is 0 Å². The van der Waals surface area contributed by atoms with Gasteiger partial charge in [-0.1, -0.05) is 43.2 Å². The third kappa shape index (κ3) is 5.82. The van der Waals surface area contributed by atoms with Crippen LogP contribution in [-0.2, 0) is 9.53 Å². The maximum absolute atomic E-state index is 11.1. The van der Waals surface area contributed by atoms with Gasteiger partial charge in [-0.15, -0.1) is 0 Å². The molecule has 0 heterocycles. The zero-order valence-corrected chi connectivity index (χ0v) is 11.0. The Kier molecular flexibility index (Phi) is 7.11. The largest absolute Gasteiger partial charge is 0.466 e. The second-order valence-electron chi connectivity index (χ2n) is 4.33. The Labute approximate surface area is 109 Å². The molecule has 0 aromatic heterocycles. The average Bonchev–Trinajstić information content (AvgIpc) is 2.39. The lowest BCUT2D eigenvalue weighted by Crippen LogP contribution is -2.03. The maximum Gasteiger partial charge on any atom is 0.305 e. The van der Waals surface area contributed by atoms with Gasteiger partial charge >= 0.3 is 5.97 Å². The molecule has 3 heteroatoms. The van der Waals surface area contributed by atoms with Crippen LogP contribution in [0.5, 0.6) is 0 Å². The molecule has 0 amide bonds. The Morgan fingerprint density at radius 1 is 1.22 bits per heavy atom. The molecule has 100 valence electrons. The average molecular weight is 250 g/mol. The summed E-state index contributed by atoms with van der Waals surface area (Å²) in [6.45, 7) is 2.26. The summed E-state index contributed by atoms with van der Waals surface area (Å²) in [6, 6.07) is 9.67. The molecule has 0 radical (unpaired) electrons. The minimum absolute atomic E-state index is 0.124. The summed E-state index contributed by atoms with van der Waals surface area (Å²) in [6.07, 6.45) is 3.54. The molecule has 0 aliphatic rings. The van der Waals surface area contributed by atoms with E-state index in [1.54, 1.807) is 0 Å². The van der Waals surface area contributed by atoms with E-state index < -0.39 is 6.10 Å². The Hall–Kier alpha value is -1.35. The van der Waals surface area contributed by atoms with Crippen LogP contribution in [-0.4, -0.2) is 17.7 Å². The van der Waals surface area contributed by atoms with Crippen molar-refractivity contribution in [3.05, 3.63) is 35.9 Å². The number of unbranched alkanes of at least 4 members (excludes halogenated alkanes) is 2. The summed E-state index contributed by atoms with van der Waals surface area (Å²) >= 11 is 0. The predicted octanol–water partition coefficient (Wildman–Crippen LogP) is 3.23. The molecule has 0 saturated carbocycles. The number of aliphatic hydroxyl groups excluding tert-OH is 1. The van der Waals surface area contributed by atoms with E-state index in [1.165, 1.54) is 0 Å². The van der Waals surface area contributed by atoms with Gasteiger partial charge < -0.3 is 9.84 Å². The number of rotatable bonds is 8. The number of carbonyl (C=O) groups excluding carboxylic acids is 1. The first-order valence-corrected chi connectivity index (χ1v) is 6.62. The van der Waals surface area contributed by atoms with Gasteiger partial charge in [0.1, 0.15) is 0 Å². The summed E-state index contributed by atoms with van der Waals surface area (Å²) in [5, 5.41) is 9.92. The third-order valence-corrected chi connectivity index (χ3v) is 2.85. The van der Waals surface area contributed by atoms with E-state index in [0.717, 1.165) is 31.2 Å². The lowest BCUT2D eigenvalue weighted by Gasteiger charge is -2.10. The fourth-order valence-corrected chi connectivity index (χ4v) is 1.86. The maximum atomic E-state index is 11.1. The van der Waals surface area contributed by atoms with Crippen LogP contribution < -0.4 is 0 Å². The van der Waals surface area contributed by atoms with E-state index in [2.05, 4.69) is 0 Å². The van der Waals surface area contributed by atoms with Crippen LogP contribution in [0.4, 0.5) is 0 Å². The molecule has 3 nitrogen and oxygen atoms in total. The Morgan fingerprint density at radius 2 is 1.94 bits per heavy atom. The molecular formula is C15H22O3. The van der Waals surface area contributed by atoms with Crippen LogP contribution in [0.1, 0.15) is 50.7 Å². The van der Waals surface area contributed by atoms with Crippen molar-refractivity contribution < 1.29 is 14.6 Å². The standard InChI is InChI=1S/C15H22O3/c1-2-18-15(17)12-8-4-7-11-14(16)13-9-5-3-6-10-13/h3,5-6,9-10,14,16H,2,4,7-8,11-12H2,1H3/t14-/m0/s1. The number of ether oxygens (including phenoxy) is 1. The second kappa shape index (κ2) is 8.70. The van der Waals surface area contributed by atoms with Crippen molar-refractivity contribution in [2.75, 3.05) is 6.61 Å². The van der Waals surface area contributed by atoms with E-state index in [0.29, 0.717) is 13.0 Å². The monoisotopic (exact) mass is 250 g/mol. The van der Waals surface area contributed by atoms with Gasteiger partial charge in [0.2, 0.25) is 0 Å². The summed E-state index contributed by atoms with van der Waals surface area (Å²) in [5.41, 5.74) is 0.961. The Bertz CT molecular complexity index is 335. The highest BCUT2D eigenvalue weighted by molar-refractivity contribution is 5.69. The minimum Gasteiger partial charge on any atom is -0.466 e. The van der Waals surface area contributed by atoms with Gasteiger partial charge in [0, 0.05) is 6.42 Å². The molecule has 0 bridgehead atoms. The van der Waals surface area contributed by atoms with E-state index in [9.17, 15) is 9.90 Å². The summed E-state index contributed by atoms with van der Waals surface area (Å²) in [5.74, 6) is -0.124. The molecule has 18 heavy (non-hydrogen) atoms. The van der Waals surface area contributed by atoms with Crippen molar-refractivity contribution >= 4 is 5.97 Å². The predicted molar refractivity (Wildman–Crippen MR) is 71.1 cm³/mol. The molecule has 0 aliphatic heterocycles. The first-order chi connectivity index (χ1) is 8.74. The van der Waals surface area contributed by atoms with Crippen molar-refractivity contribution in [1.82, 2.24) is 0 Å². The molecule has 1 atom stereocenters. The number of aliphatic hydroxyl groups is 1. The molecule has 0 unspecified atom stereocenters.